The highest BCUT2D eigenvalue weighted by Gasteiger charge is 2.25. The first-order chi connectivity index (χ1) is 12.0. The van der Waals surface area contributed by atoms with E-state index in [4.69, 9.17) is 4.99 Å². The van der Waals surface area contributed by atoms with E-state index in [-0.39, 0.29) is 24.0 Å². The number of aliphatic imine (C=N–C) groups is 1. The summed E-state index contributed by atoms with van der Waals surface area (Å²) < 4.78 is 0. The number of guanidine groups is 1. The molecule has 0 bridgehead atoms. The molecule has 1 fully saturated rings. The fraction of sp³-hybridized carbons (Fsp3) is 0.789. The number of hydrogen-bond acceptors (Lipinski definition) is 4. The number of hydrogen-bond donors (Lipinski definition) is 2. The van der Waals surface area contributed by atoms with Gasteiger partial charge in [-0.3, -0.25) is 4.90 Å². The smallest absolute Gasteiger partial charge is 0.191 e. The standard InChI is InChI=1S/C19H35N5S.HI/c1-6-20-19(23-13-18-21-11-16(5)25-18)22-12-17(14(2)3)24-9-7-15(4)8-10-24;/h11,14-15,17H,6-10,12-13H2,1-5H3,(H2,20,22,23);1H. The minimum Gasteiger partial charge on any atom is -0.357 e. The van der Waals surface area contributed by atoms with Crippen molar-refractivity contribution >= 4 is 41.3 Å². The Morgan fingerprint density at radius 1 is 1.35 bits per heavy atom. The van der Waals surface area contributed by atoms with Gasteiger partial charge in [0.15, 0.2) is 5.96 Å². The highest BCUT2D eigenvalue weighted by Crippen LogP contribution is 2.21. The lowest BCUT2D eigenvalue weighted by molar-refractivity contribution is 0.110. The minimum atomic E-state index is 0. The quantitative estimate of drug-likeness (QED) is 0.344. The third-order valence-electron chi connectivity index (χ3n) is 4.92. The average Bonchev–Trinajstić information content (AvgIpc) is 2.99. The average molecular weight is 494 g/mol. The van der Waals surface area contributed by atoms with Crippen molar-refractivity contribution in [3.8, 4) is 0 Å². The minimum absolute atomic E-state index is 0. The summed E-state index contributed by atoms with van der Waals surface area (Å²) in [6.45, 7) is 16.1. The number of piperidine rings is 1. The molecule has 0 amide bonds. The third-order valence-corrected chi connectivity index (χ3v) is 5.82. The summed E-state index contributed by atoms with van der Waals surface area (Å²) in [5, 5.41) is 7.99. The topological polar surface area (TPSA) is 52.6 Å². The van der Waals surface area contributed by atoms with E-state index in [1.54, 1.807) is 11.3 Å². The molecular weight excluding hydrogens is 457 g/mol. The lowest BCUT2D eigenvalue weighted by Gasteiger charge is -2.39. The van der Waals surface area contributed by atoms with Gasteiger partial charge in [-0.05, 0) is 51.6 Å². The van der Waals surface area contributed by atoms with Crippen LogP contribution in [0.5, 0.6) is 0 Å². The molecule has 26 heavy (non-hydrogen) atoms. The number of aromatic nitrogens is 1. The molecule has 5 nitrogen and oxygen atoms in total. The second-order valence-electron chi connectivity index (χ2n) is 7.47. The van der Waals surface area contributed by atoms with Crippen LogP contribution < -0.4 is 10.6 Å². The van der Waals surface area contributed by atoms with E-state index in [0.717, 1.165) is 30.0 Å². The molecule has 2 N–H and O–H groups in total. The van der Waals surface area contributed by atoms with Crippen LogP contribution in [0.25, 0.3) is 0 Å². The Balaban J connectivity index is 0.00000338. The van der Waals surface area contributed by atoms with Crippen LogP contribution in [0.1, 0.15) is 50.4 Å². The zero-order valence-corrected chi connectivity index (χ0v) is 20.1. The van der Waals surface area contributed by atoms with Gasteiger partial charge in [-0.2, -0.15) is 0 Å². The fourth-order valence-electron chi connectivity index (χ4n) is 3.31. The zero-order valence-electron chi connectivity index (χ0n) is 16.9. The van der Waals surface area contributed by atoms with Crippen LogP contribution >= 0.6 is 35.3 Å². The predicted molar refractivity (Wildman–Crippen MR) is 124 cm³/mol. The van der Waals surface area contributed by atoms with Gasteiger partial charge in [0.2, 0.25) is 0 Å². The highest BCUT2D eigenvalue weighted by molar-refractivity contribution is 14.0. The third kappa shape index (κ3) is 7.68. The molecule has 1 unspecified atom stereocenters. The number of halogens is 1. The number of nitrogens with zero attached hydrogens (tertiary/aromatic N) is 3. The lowest BCUT2D eigenvalue weighted by Crippen LogP contribution is -2.51. The molecule has 1 aromatic heterocycles. The van der Waals surface area contributed by atoms with Gasteiger partial charge in [0, 0.05) is 30.2 Å². The van der Waals surface area contributed by atoms with E-state index >= 15 is 0 Å². The first-order valence-corrected chi connectivity index (χ1v) is 10.5. The molecule has 1 saturated heterocycles. The molecule has 0 aliphatic carbocycles. The van der Waals surface area contributed by atoms with Crippen molar-refractivity contribution in [3.63, 3.8) is 0 Å². The molecule has 0 saturated carbocycles. The first kappa shape index (κ1) is 23.6. The monoisotopic (exact) mass is 493 g/mol. The SMILES string of the molecule is CCNC(=NCc1ncc(C)s1)NCC(C(C)C)N1CCC(C)CC1.I. The van der Waals surface area contributed by atoms with Gasteiger partial charge in [-0.15, -0.1) is 35.3 Å². The molecular formula is C19H36IN5S. The molecule has 0 aromatic carbocycles. The fourth-order valence-corrected chi connectivity index (χ4v) is 4.02. The molecule has 1 aliphatic heterocycles. The Bertz CT molecular complexity index is 538. The molecule has 1 aliphatic rings. The normalized spacial score (nSPS) is 17.8. The molecule has 150 valence electrons. The molecule has 1 atom stereocenters. The van der Waals surface area contributed by atoms with Crippen LogP contribution in [0.4, 0.5) is 0 Å². The van der Waals surface area contributed by atoms with Crippen LogP contribution in [-0.4, -0.2) is 48.1 Å². The number of aryl methyl sites for hydroxylation is 1. The highest BCUT2D eigenvalue weighted by atomic mass is 127. The number of rotatable bonds is 7. The van der Waals surface area contributed by atoms with E-state index in [2.05, 4.69) is 55.1 Å². The molecule has 7 heteroatoms. The Hall–Kier alpha value is -0.410. The van der Waals surface area contributed by atoms with E-state index in [1.165, 1.54) is 30.8 Å². The van der Waals surface area contributed by atoms with E-state index < -0.39 is 0 Å². The predicted octanol–water partition coefficient (Wildman–Crippen LogP) is 3.88. The molecule has 0 spiro atoms. The van der Waals surface area contributed by atoms with Gasteiger partial charge >= 0.3 is 0 Å². The second kappa shape index (κ2) is 12.1. The number of nitrogens with one attached hydrogen (secondary N) is 2. The van der Waals surface area contributed by atoms with E-state index in [0.29, 0.717) is 18.5 Å². The van der Waals surface area contributed by atoms with Crippen LogP contribution in [0.15, 0.2) is 11.2 Å². The maximum absolute atomic E-state index is 4.71. The summed E-state index contributed by atoms with van der Waals surface area (Å²) in [4.78, 5) is 13.0. The van der Waals surface area contributed by atoms with E-state index in [9.17, 15) is 0 Å². The van der Waals surface area contributed by atoms with Crippen molar-refractivity contribution in [2.45, 2.75) is 60.0 Å². The summed E-state index contributed by atoms with van der Waals surface area (Å²) in [6, 6.07) is 0.554. The van der Waals surface area contributed by atoms with Gasteiger partial charge < -0.3 is 10.6 Å². The van der Waals surface area contributed by atoms with Gasteiger partial charge in [-0.1, -0.05) is 20.8 Å². The van der Waals surface area contributed by atoms with Crippen LogP contribution in [0, 0.1) is 18.8 Å². The van der Waals surface area contributed by atoms with Crippen molar-refractivity contribution < 1.29 is 0 Å². The van der Waals surface area contributed by atoms with E-state index in [1.807, 2.05) is 6.20 Å². The van der Waals surface area contributed by atoms with Crippen molar-refractivity contribution in [2.75, 3.05) is 26.2 Å². The summed E-state index contributed by atoms with van der Waals surface area (Å²) in [5.74, 6) is 2.40. The molecule has 1 aromatic rings. The summed E-state index contributed by atoms with van der Waals surface area (Å²) >= 11 is 1.72. The number of likely N-dealkylation sites (tertiary alicyclic amines) is 1. The van der Waals surface area contributed by atoms with Crippen molar-refractivity contribution in [2.24, 2.45) is 16.8 Å². The van der Waals surface area contributed by atoms with Gasteiger partial charge in [0.05, 0.1) is 6.54 Å². The Morgan fingerprint density at radius 3 is 2.58 bits per heavy atom. The summed E-state index contributed by atoms with van der Waals surface area (Å²) in [6.07, 6.45) is 4.56. The van der Waals surface area contributed by atoms with Crippen LogP contribution in [0.3, 0.4) is 0 Å². The Labute approximate surface area is 180 Å². The number of thiazole rings is 1. The van der Waals surface area contributed by atoms with Gasteiger partial charge in [0.1, 0.15) is 5.01 Å². The molecule has 2 rings (SSSR count). The summed E-state index contributed by atoms with van der Waals surface area (Å²) in [7, 11) is 0. The second-order valence-corrected chi connectivity index (χ2v) is 8.79. The maximum Gasteiger partial charge on any atom is 0.191 e. The Kier molecular flexibility index (Phi) is 11.0. The van der Waals surface area contributed by atoms with Crippen molar-refractivity contribution in [1.29, 1.82) is 0 Å². The summed E-state index contributed by atoms with van der Waals surface area (Å²) in [5.41, 5.74) is 0. The van der Waals surface area contributed by atoms with Crippen molar-refractivity contribution in [3.05, 3.63) is 16.1 Å². The maximum atomic E-state index is 4.71. The van der Waals surface area contributed by atoms with Gasteiger partial charge in [-0.25, -0.2) is 9.98 Å². The molecule has 2 heterocycles. The van der Waals surface area contributed by atoms with Crippen LogP contribution in [0.2, 0.25) is 0 Å². The molecule has 0 radical (unpaired) electrons. The lowest BCUT2D eigenvalue weighted by atomic mass is 9.94. The first-order valence-electron chi connectivity index (χ1n) is 9.67. The van der Waals surface area contributed by atoms with Gasteiger partial charge in [0.25, 0.3) is 0 Å². The van der Waals surface area contributed by atoms with Crippen molar-refractivity contribution in [1.82, 2.24) is 20.5 Å². The zero-order chi connectivity index (χ0) is 18.2. The Morgan fingerprint density at radius 2 is 2.04 bits per heavy atom. The van der Waals surface area contributed by atoms with Crippen LogP contribution in [-0.2, 0) is 6.54 Å². The largest absolute Gasteiger partial charge is 0.357 e.